The first-order valence-corrected chi connectivity index (χ1v) is 11.6. The molecule has 1 saturated carbocycles. The largest absolute Gasteiger partial charge is 0.494 e. The fraction of sp³-hybridized carbons (Fsp3) is 0.308. The molecule has 1 aliphatic rings. The van der Waals surface area contributed by atoms with Crippen LogP contribution in [-0.2, 0) is 10.3 Å². The predicted octanol–water partition coefficient (Wildman–Crippen LogP) is 4.10. The molecule has 2 aromatic carbocycles. The van der Waals surface area contributed by atoms with E-state index >= 15 is 0 Å². The second-order valence-electron chi connectivity index (χ2n) is 8.37. The summed E-state index contributed by atoms with van der Waals surface area (Å²) in [6.45, 7) is -0.755. The molecule has 1 aliphatic carbocycles. The van der Waals surface area contributed by atoms with E-state index in [9.17, 15) is 14.3 Å². The summed E-state index contributed by atoms with van der Waals surface area (Å²) >= 11 is 5.93. The molecule has 0 amide bonds. The zero-order valence-electron chi connectivity index (χ0n) is 19.8. The van der Waals surface area contributed by atoms with Gasteiger partial charge < -0.3 is 29.8 Å². The topological polar surface area (TPSA) is 113 Å². The van der Waals surface area contributed by atoms with Crippen molar-refractivity contribution < 1.29 is 33.2 Å². The molecule has 0 aliphatic heterocycles. The van der Waals surface area contributed by atoms with Crippen LogP contribution in [0.3, 0.4) is 0 Å². The highest BCUT2D eigenvalue weighted by molar-refractivity contribution is 6.31. The summed E-state index contributed by atoms with van der Waals surface area (Å²) in [5, 5.41) is 11.1. The van der Waals surface area contributed by atoms with Gasteiger partial charge in [-0.15, -0.1) is 0 Å². The lowest BCUT2D eigenvalue weighted by Gasteiger charge is -2.26. The Labute approximate surface area is 212 Å². The van der Waals surface area contributed by atoms with E-state index in [0.29, 0.717) is 28.5 Å². The van der Waals surface area contributed by atoms with Crippen molar-refractivity contribution >= 4 is 17.6 Å². The third kappa shape index (κ3) is 5.53. The Bertz CT molecular complexity index is 1270. The lowest BCUT2D eigenvalue weighted by molar-refractivity contribution is -0.0326. The molecule has 0 bridgehead atoms. The Kier molecular flexibility index (Phi) is 7.63. The molecular formula is C26H26ClFN2O6. The van der Waals surface area contributed by atoms with Crippen molar-refractivity contribution in [1.29, 1.82) is 0 Å². The van der Waals surface area contributed by atoms with E-state index in [4.69, 9.17) is 36.3 Å². The lowest BCUT2D eigenvalue weighted by Crippen LogP contribution is -2.41. The van der Waals surface area contributed by atoms with Crippen molar-refractivity contribution in [2.75, 3.05) is 27.4 Å². The molecule has 1 fully saturated rings. The predicted molar refractivity (Wildman–Crippen MR) is 131 cm³/mol. The molecule has 36 heavy (non-hydrogen) atoms. The van der Waals surface area contributed by atoms with Gasteiger partial charge >= 0.3 is 5.97 Å². The van der Waals surface area contributed by atoms with Crippen LogP contribution in [0.4, 0.5) is 4.39 Å². The van der Waals surface area contributed by atoms with E-state index in [0.717, 1.165) is 12.8 Å². The Morgan fingerprint density at radius 3 is 2.47 bits per heavy atom. The highest BCUT2D eigenvalue weighted by atomic mass is 35.5. The monoisotopic (exact) mass is 516 g/mol. The minimum atomic E-state index is -1.81. The SMILES string of the molecule is COc1cc(C(=O)OCC(O)(CN)c2ccc(OC)c(-c3ccc(F)c(Cl)c3)n2)ccc1OC1CC1. The quantitative estimate of drug-likeness (QED) is 0.387. The Morgan fingerprint density at radius 1 is 1.11 bits per heavy atom. The molecule has 1 unspecified atom stereocenters. The standard InChI is InChI=1S/C26H26ClFN2O6/c1-33-21-9-10-23(30-24(21)15-3-7-19(28)18(27)11-15)26(32,13-29)14-35-25(31)16-4-8-20(22(12-16)34-2)36-17-5-6-17/h3-4,7-12,17,32H,5-6,13-14,29H2,1-2H3. The van der Waals surface area contributed by atoms with Gasteiger partial charge in [-0.2, -0.15) is 0 Å². The van der Waals surface area contributed by atoms with Crippen LogP contribution >= 0.6 is 11.6 Å². The summed E-state index contributed by atoms with van der Waals surface area (Å²) < 4.78 is 35.5. The number of aromatic nitrogens is 1. The summed E-state index contributed by atoms with van der Waals surface area (Å²) in [6.07, 6.45) is 2.14. The van der Waals surface area contributed by atoms with Gasteiger partial charge in [-0.25, -0.2) is 14.2 Å². The van der Waals surface area contributed by atoms with Crippen LogP contribution < -0.4 is 19.9 Å². The van der Waals surface area contributed by atoms with E-state index in [2.05, 4.69) is 4.98 Å². The molecule has 8 nitrogen and oxygen atoms in total. The van der Waals surface area contributed by atoms with E-state index in [-0.39, 0.29) is 28.9 Å². The third-order valence-electron chi connectivity index (χ3n) is 5.75. The van der Waals surface area contributed by atoms with Crippen molar-refractivity contribution in [1.82, 2.24) is 4.98 Å². The molecule has 3 N–H and O–H groups in total. The van der Waals surface area contributed by atoms with Crippen LogP contribution in [0.25, 0.3) is 11.3 Å². The highest BCUT2D eigenvalue weighted by Crippen LogP contribution is 2.35. The average molecular weight is 517 g/mol. The van der Waals surface area contributed by atoms with E-state index in [1.54, 1.807) is 18.2 Å². The van der Waals surface area contributed by atoms with Gasteiger partial charge in [-0.05, 0) is 61.4 Å². The maximum atomic E-state index is 13.7. The second kappa shape index (κ2) is 10.7. The number of methoxy groups -OCH3 is 2. The number of pyridine rings is 1. The third-order valence-corrected chi connectivity index (χ3v) is 6.03. The second-order valence-corrected chi connectivity index (χ2v) is 8.78. The average Bonchev–Trinajstić information content (AvgIpc) is 3.72. The van der Waals surface area contributed by atoms with Crippen LogP contribution in [0.1, 0.15) is 28.9 Å². The number of carbonyl (C=O) groups is 1. The molecule has 1 aromatic heterocycles. The number of rotatable bonds is 10. The summed E-state index contributed by atoms with van der Waals surface area (Å²) in [6, 6.07) is 11.9. The number of ether oxygens (including phenoxy) is 4. The zero-order valence-corrected chi connectivity index (χ0v) is 20.5. The van der Waals surface area contributed by atoms with Gasteiger partial charge in [0, 0.05) is 12.1 Å². The van der Waals surface area contributed by atoms with E-state index in [1.165, 1.54) is 44.6 Å². The molecule has 0 spiro atoms. The summed E-state index contributed by atoms with van der Waals surface area (Å²) in [4.78, 5) is 17.2. The Balaban J connectivity index is 1.55. The molecular weight excluding hydrogens is 491 g/mol. The first-order chi connectivity index (χ1) is 17.3. The van der Waals surface area contributed by atoms with Crippen LogP contribution in [0.2, 0.25) is 5.02 Å². The Morgan fingerprint density at radius 2 is 1.83 bits per heavy atom. The van der Waals surface area contributed by atoms with Crippen LogP contribution in [0, 0.1) is 5.82 Å². The minimum Gasteiger partial charge on any atom is -0.494 e. The maximum Gasteiger partial charge on any atom is 0.338 e. The zero-order chi connectivity index (χ0) is 25.9. The van der Waals surface area contributed by atoms with Gasteiger partial charge in [0.2, 0.25) is 0 Å². The van der Waals surface area contributed by atoms with Crippen molar-refractivity contribution in [3.8, 4) is 28.5 Å². The number of nitrogens with two attached hydrogens (primary N) is 1. The first kappa shape index (κ1) is 25.7. The number of aliphatic hydroxyl groups is 1. The molecule has 0 saturated heterocycles. The van der Waals surface area contributed by atoms with Crippen LogP contribution in [-0.4, -0.2) is 49.5 Å². The molecule has 190 valence electrons. The maximum absolute atomic E-state index is 13.7. The highest BCUT2D eigenvalue weighted by Gasteiger charge is 2.33. The van der Waals surface area contributed by atoms with Crippen molar-refractivity contribution in [2.24, 2.45) is 5.73 Å². The van der Waals surface area contributed by atoms with Crippen LogP contribution in [0.15, 0.2) is 48.5 Å². The van der Waals surface area contributed by atoms with E-state index in [1.807, 2.05) is 0 Å². The van der Waals surface area contributed by atoms with Gasteiger partial charge in [-0.3, -0.25) is 0 Å². The molecule has 1 heterocycles. The minimum absolute atomic E-state index is 0.0891. The normalized spacial score (nSPS) is 14.6. The van der Waals surface area contributed by atoms with Crippen molar-refractivity contribution in [2.45, 2.75) is 24.5 Å². The molecule has 1 atom stereocenters. The van der Waals surface area contributed by atoms with Gasteiger partial charge in [-0.1, -0.05) is 11.6 Å². The number of hydrogen-bond donors (Lipinski definition) is 2. The van der Waals surface area contributed by atoms with Crippen LogP contribution in [0.5, 0.6) is 17.2 Å². The molecule has 4 rings (SSSR count). The van der Waals surface area contributed by atoms with Crippen molar-refractivity contribution in [3.63, 3.8) is 0 Å². The number of benzene rings is 2. The van der Waals surface area contributed by atoms with Gasteiger partial charge in [0.25, 0.3) is 0 Å². The fourth-order valence-electron chi connectivity index (χ4n) is 3.48. The lowest BCUT2D eigenvalue weighted by atomic mass is 9.99. The van der Waals surface area contributed by atoms with Gasteiger partial charge in [0.15, 0.2) is 17.1 Å². The van der Waals surface area contributed by atoms with Crippen molar-refractivity contribution in [3.05, 3.63) is 70.6 Å². The number of carbonyl (C=O) groups excluding carboxylic acids is 1. The number of nitrogens with zero attached hydrogens (tertiary/aromatic N) is 1. The smallest absolute Gasteiger partial charge is 0.338 e. The first-order valence-electron chi connectivity index (χ1n) is 11.2. The summed E-state index contributed by atoms with van der Waals surface area (Å²) in [5.41, 5.74) is 5.20. The molecule has 10 heteroatoms. The number of hydrogen-bond acceptors (Lipinski definition) is 8. The Hall–Kier alpha value is -3.40. The van der Waals surface area contributed by atoms with E-state index < -0.39 is 24.0 Å². The van der Waals surface area contributed by atoms with Gasteiger partial charge in [0.1, 0.15) is 23.9 Å². The number of halogens is 2. The summed E-state index contributed by atoms with van der Waals surface area (Å²) in [5.74, 6) is 0.0657. The van der Waals surface area contributed by atoms with Gasteiger partial charge in [0.05, 0.1) is 36.6 Å². The number of esters is 1. The fourth-order valence-corrected chi connectivity index (χ4v) is 3.66. The summed E-state index contributed by atoms with van der Waals surface area (Å²) in [7, 11) is 2.94. The molecule has 3 aromatic rings. The molecule has 0 radical (unpaired) electrons.